The van der Waals surface area contributed by atoms with Crippen LogP contribution in [0.4, 0.5) is 0 Å². The lowest BCUT2D eigenvalue weighted by atomic mass is 10.0. The highest BCUT2D eigenvalue weighted by Crippen LogP contribution is 2.25. The molecule has 2 aromatic heterocycles. The van der Waals surface area contributed by atoms with Crippen LogP contribution >= 0.6 is 0 Å². The van der Waals surface area contributed by atoms with E-state index in [4.69, 9.17) is 14.8 Å². The van der Waals surface area contributed by atoms with Crippen molar-refractivity contribution in [2.45, 2.75) is 19.3 Å². The van der Waals surface area contributed by atoms with Crippen molar-refractivity contribution in [2.24, 2.45) is 0 Å². The Kier molecular flexibility index (Phi) is 6.46. The molecule has 0 saturated carbocycles. The minimum atomic E-state index is 0.683. The van der Waals surface area contributed by atoms with Gasteiger partial charge in [-0.05, 0) is 66.9 Å². The van der Waals surface area contributed by atoms with E-state index in [1.807, 2.05) is 22.7 Å². The SMILES string of the molecule is c1ccc(-c2ccc(-c3cccc4nc(Cc5ccc(OCCN6CCCC6)cc5)nn34)cc2)cc1. The van der Waals surface area contributed by atoms with Gasteiger partial charge in [0.15, 0.2) is 11.5 Å². The number of aromatic nitrogens is 3. The second-order valence-electron chi connectivity index (χ2n) is 9.37. The Balaban J connectivity index is 1.15. The van der Waals surface area contributed by atoms with Crippen LogP contribution in [0.3, 0.4) is 0 Å². The molecule has 1 aliphatic heterocycles. The van der Waals surface area contributed by atoms with Crippen molar-refractivity contribution in [3.05, 3.63) is 108 Å². The highest BCUT2D eigenvalue weighted by atomic mass is 16.5. The Morgan fingerprint density at radius 3 is 2.19 bits per heavy atom. The third-order valence-electron chi connectivity index (χ3n) is 6.85. The van der Waals surface area contributed by atoms with Crippen molar-refractivity contribution in [3.63, 3.8) is 0 Å². The lowest BCUT2D eigenvalue weighted by molar-refractivity contribution is 0.238. The summed E-state index contributed by atoms with van der Waals surface area (Å²) < 4.78 is 7.89. The van der Waals surface area contributed by atoms with Gasteiger partial charge in [0, 0.05) is 18.5 Å². The molecule has 5 nitrogen and oxygen atoms in total. The zero-order valence-electron chi connectivity index (χ0n) is 20.4. The minimum Gasteiger partial charge on any atom is -0.492 e. The van der Waals surface area contributed by atoms with Crippen molar-refractivity contribution in [1.82, 2.24) is 19.5 Å². The standard InChI is InChI=1S/C31H30N4O/c1-2-7-25(8-3-1)26-13-15-27(16-14-26)29-9-6-10-31-32-30(33-35(29)31)23-24-11-17-28(18-12-24)36-22-21-34-19-4-5-20-34/h1-3,6-18H,4-5,19-23H2. The van der Waals surface area contributed by atoms with E-state index in [0.717, 1.165) is 41.6 Å². The van der Waals surface area contributed by atoms with Crippen molar-refractivity contribution in [2.75, 3.05) is 26.2 Å². The van der Waals surface area contributed by atoms with Crippen LogP contribution in [0.1, 0.15) is 24.2 Å². The van der Waals surface area contributed by atoms with E-state index in [2.05, 4.69) is 83.8 Å². The Hall–Kier alpha value is -3.96. The van der Waals surface area contributed by atoms with E-state index in [9.17, 15) is 0 Å². The van der Waals surface area contributed by atoms with E-state index >= 15 is 0 Å². The van der Waals surface area contributed by atoms with E-state index in [1.54, 1.807) is 0 Å². The number of likely N-dealkylation sites (tertiary alicyclic amines) is 1. The highest BCUT2D eigenvalue weighted by Gasteiger charge is 2.12. The number of ether oxygens (including phenoxy) is 1. The van der Waals surface area contributed by atoms with E-state index < -0.39 is 0 Å². The fourth-order valence-electron chi connectivity index (χ4n) is 4.89. The summed E-state index contributed by atoms with van der Waals surface area (Å²) in [7, 11) is 0. The summed E-state index contributed by atoms with van der Waals surface area (Å²) in [5.74, 6) is 1.73. The third kappa shape index (κ3) is 5.02. The summed E-state index contributed by atoms with van der Waals surface area (Å²) >= 11 is 0. The fourth-order valence-corrected chi connectivity index (χ4v) is 4.89. The molecule has 5 heteroatoms. The molecule has 1 saturated heterocycles. The molecule has 0 bridgehead atoms. The molecule has 0 N–H and O–H groups in total. The van der Waals surface area contributed by atoms with Crippen LogP contribution in [-0.4, -0.2) is 45.7 Å². The van der Waals surface area contributed by atoms with Crippen LogP contribution in [0.5, 0.6) is 5.75 Å². The predicted octanol–water partition coefficient (Wildman–Crippen LogP) is 6.13. The summed E-state index contributed by atoms with van der Waals surface area (Å²) in [6.45, 7) is 4.15. The molecule has 180 valence electrons. The summed E-state index contributed by atoms with van der Waals surface area (Å²) in [5, 5.41) is 4.85. The zero-order chi connectivity index (χ0) is 24.2. The lowest BCUT2D eigenvalue weighted by Gasteiger charge is -2.14. The predicted molar refractivity (Wildman–Crippen MR) is 144 cm³/mol. The summed E-state index contributed by atoms with van der Waals surface area (Å²) in [6, 6.07) is 33.5. The molecule has 3 heterocycles. The lowest BCUT2D eigenvalue weighted by Crippen LogP contribution is -2.25. The fraction of sp³-hybridized carbons (Fsp3) is 0.226. The van der Waals surface area contributed by atoms with Crippen LogP contribution in [-0.2, 0) is 6.42 Å². The maximum absolute atomic E-state index is 5.95. The van der Waals surface area contributed by atoms with Gasteiger partial charge < -0.3 is 4.74 Å². The van der Waals surface area contributed by atoms with Crippen molar-refractivity contribution in [3.8, 4) is 28.1 Å². The van der Waals surface area contributed by atoms with Gasteiger partial charge in [0.05, 0.1) is 5.69 Å². The molecule has 1 fully saturated rings. The molecule has 0 spiro atoms. The maximum atomic E-state index is 5.95. The van der Waals surface area contributed by atoms with Gasteiger partial charge in [-0.3, -0.25) is 4.90 Å². The number of hydrogen-bond acceptors (Lipinski definition) is 4. The van der Waals surface area contributed by atoms with Gasteiger partial charge in [0.25, 0.3) is 0 Å². The van der Waals surface area contributed by atoms with E-state index in [1.165, 1.54) is 42.6 Å². The first-order valence-electron chi connectivity index (χ1n) is 12.8. The molecule has 36 heavy (non-hydrogen) atoms. The monoisotopic (exact) mass is 474 g/mol. The molecule has 1 aliphatic rings. The highest BCUT2D eigenvalue weighted by molar-refractivity contribution is 5.70. The normalized spacial score (nSPS) is 13.9. The summed E-state index contributed by atoms with van der Waals surface area (Å²) in [4.78, 5) is 7.26. The molecule has 6 rings (SSSR count). The van der Waals surface area contributed by atoms with E-state index in [-0.39, 0.29) is 0 Å². The number of hydrogen-bond donors (Lipinski definition) is 0. The molecule has 0 amide bonds. The van der Waals surface area contributed by atoms with Crippen LogP contribution in [0.2, 0.25) is 0 Å². The Morgan fingerprint density at radius 1 is 0.694 bits per heavy atom. The van der Waals surface area contributed by atoms with Gasteiger partial charge >= 0.3 is 0 Å². The largest absolute Gasteiger partial charge is 0.492 e. The molecule has 0 unspecified atom stereocenters. The smallest absolute Gasteiger partial charge is 0.156 e. The van der Waals surface area contributed by atoms with Gasteiger partial charge in [0.1, 0.15) is 12.4 Å². The number of nitrogens with zero attached hydrogens (tertiary/aromatic N) is 4. The molecular formula is C31H30N4O. The zero-order valence-corrected chi connectivity index (χ0v) is 20.4. The third-order valence-corrected chi connectivity index (χ3v) is 6.85. The number of rotatable bonds is 8. The molecule has 0 aliphatic carbocycles. The molecular weight excluding hydrogens is 444 g/mol. The maximum Gasteiger partial charge on any atom is 0.156 e. The van der Waals surface area contributed by atoms with Crippen LogP contribution in [0.15, 0.2) is 97.1 Å². The van der Waals surface area contributed by atoms with Gasteiger partial charge in [-0.25, -0.2) is 9.50 Å². The van der Waals surface area contributed by atoms with Crippen LogP contribution in [0.25, 0.3) is 28.0 Å². The average molecular weight is 475 g/mol. The van der Waals surface area contributed by atoms with Gasteiger partial charge in [-0.15, -0.1) is 0 Å². The quantitative estimate of drug-likeness (QED) is 0.271. The topological polar surface area (TPSA) is 42.7 Å². The minimum absolute atomic E-state index is 0.683. The van der Waals surface area contributed by atoms with Gasteiger partial charge in [0.2, 0.25) is 0 Å². The number of pyridine rings is 1. The Labute approximate surface area is 212 Å². The summed E-state index contributed by atoms with van der Waals surface area (Å²) in [5.41, 5.74) is 6.60. The van der Waals surface area contributed by atoms with Gasteiger partial charge in [-0.2, -0.15) is 5.10 Å². The second-order valence-corrected chi connectivity index (χ2v) is 9.37. The average Bonchev–Trinajstić information content (AvgIpc) is 3.60. The van der Waals surface area contributed by atoms with Crippen molar-refractivity contribution < 1.29 is 4.74 Å². The first kappa shape index (κ1) is 22.5. The van der Waals surface area contributed by atoms with E-state index in [0.29, 0.717) is 6.42 Å². The van der Waals surface area contributed by atoms with Crippen molar-refractivity contribution in [1.29, 1.82) is 0 Å². The van der Waals surface area contributed by atoms with Crippen LogP contribution < -0.4 is 4.74 Å². The second kappa shape index (κ2) is 10.3. The molecule has 0 radical (unpaired) electrons. The summed E-state index contributed by atoms with van der Waals surface area (Å²) in [6.07, 6.45) is 3.31. The van der Waals surface area contributed by atoms with Gasteiger partial charge in [-0.1, -0.05) is 72.8 Å². The number of fused-ring (bicyclic) bond motifs is 1. The molecule has 3 aromatic carbocycles. The Morgan fingerprint density at radius 2 is 1.42 bits per heavy atom. The van der Waals surface area contributed by atoms with Crippen LogP contribution in [0, 0.1) is 0 Å². The first-order chi connectivity index (χ1) is 17.8. The first-order valence-corrected chi connectivity index (χ1v) is 12.8. The Bertz CT molecular complexity index is 1420. The molecule has 0 atom stereocenters. The van der Waals surface area contributed by atoms with Crippen molar-refractivity contribution >= 4 is 5.65 Å². The molecule has 5 aromatic rings. The number of benzene rings is 3.